The Bertz CT molecular complexity index is 1190. The van der Waals surface area contributed by atoms with E-state index in [0.717, 1.165) is 17.4 Å². The summed E-state index contributed by atoms with van der Waals surface area (Å²) in [6.45, 7) is 3.23. The third-order valence-electron chi connectivity index (χ3n) is 4.55. The first-order valence-corrected chi connectivity index (χ1v) is 11.4. The molecule has 168 valence electrons. The molecule has 10 heteroatoms. The third-order valence-corrected chi connectivity index (χ3v) is 5.90. The Morgan fingerprint density at radius 3 is 2.47 bits per heavy atom. The van der Waals surface area contributed by atoms with Gasteiger partial charge < -0.3 is 24.5 Å². The van der Waals surface area contributed by atoms with Crippen molar-refractivity contribution < 1.29 is 23.8 Å². The molecule has 3 rings (SSSR count). The molecule has 0 aliphatic rings. The number of hydrogen-bond acceptors (Lipinski definition) is 7. The van der Waals surface area contributed by atoms with Crippen molar-refractivity contribution in [1.29, 1.82) is 5.41 Å². The van der Waals surface area contributed by atoms with Gasteiger partial charge in [-0.25, -0.2) is 4.79 Å². The SMILES string of the molecule is CCOC(=O)c1c(CSC(=N)N)n(-c2ccc(OC)cc2)c2cc(Br)c(OC(C)=O)cc12. The van der Waals surface area contributed by atoms with E-state index in [1.54, 1.807) is 26.2 Å². The number of benzene rings is 2. The molecule has 0 aliphatic heterocycles. The van der Waals surface area contributed by atoms with Crippen LogP contribution in [0.4, 0.5) is 0 Å². The van der Waals surface area contributed by atoms with Crippen LogP contribution >= 0.6 is 27.7 Å². The van der Waals surface area contributed by atoms with Crippen molar-refractivity contribution in [2.45, 2.75) is 19.6 Å². The molecule has 8 nitrogen and oxygen atoms in total. The van der Waals surface area contributed by atoms with Crippen molar-refractivity contribution >= 4 is 55.7 Å². The molecule has 0 radical (unpaired) electrons. The Morgan fingerprint density at radius 1 is 1.22 bits per heavy atom. The zero-order valence-electron chi connectivity index (χ0n) is 17.7. The number of nitrogens with two attached hydrogens (primary N) is 1. The van der Waals surface area contributed by atoms with Crippen molar-refractivity contribution in [2.24, 2.45) is 5.73 Å². The lowest BCUT2D eigenvalue weighted by atomic mass is 10.1. The van der Waals surface area contributed by atoms with Crippen LogP contribution in [0.25, 0.3) is 16.6 Å². The van der Waals surface area contributed by atoms with E-state index in [1.165, 1.54) is 6.92 Å². The summed E-state index contributed by atoms with van der Waals surface area (Å²) in [5, 5.41) is 8.12. The van der Waals surface area contributed by atoms with Crippen LogP contribution in [-0.4, -0.2) is 35.4 Å². The molecule has 0 aliphatic carbocycles. The summed E-state index contributed by atoms with van der Waals surface area (Å²) < 4.78 is 18.4. The molecule has 1 heterocycles. The van der Waals surface area contributed by atoms with Gasteiger partial charge >= 0.3 is 11.9 Å². The lowest BCUT2D eigenvalue weighted by molar-refractivity contribution is -0.131. The Kier molecular flexibility index (Phi) is 7.47. The van der Waals surface area contributed by atoms with Crippen molar-refractivity contribution in [3.63, 3.8) is 0 Å². The Hall–Kier alpha value is -2.98. The van der Waals surface area contributed by atoms with Crippen LogP contribution in [0, 0.1) is 5.41 Å². The van der Waals surface area contributed by atoms with Crippen LogP contribution in [0.3, 0.4) is 0 Å². The second-order valence-electron chi connectivity index (χ2n) is 6.62. The molecular formula is C22H22BrN3O5S. The van der Waals surface area contributed by atoms with Gasteiger partial charge in [0.15, 0.2) is 5.17 Å². The van der Waals surface area contributed by atoms with Crippen molar-refractivity contribution in [1.82, 2.24) is 4.57 Å². The molecule has 1 aromatic heterocycles. The number of nitrogens with zero attached hydrogens (tertiary/aromatic N) is 1. The smallest absolute Gasteiger partial charge is 0.340 e. The number of hydrogen-bond donors (Lipinski definition) is 2. The first kappa shape index (κ1) is 23.7. The number of methoxy groups -OCH3 is 1. The van der Waals surface area contributed by atoms with Crippen molar-refractivity contribution in [3.8, 4) is 17.2 Å². The van der Waals surface area contributed by atoms with Gasteiger partial charge in [0.2, 0.25) is 0 Å². The molecule has 0 bridgehead atoms. The summed E-state index contributed by atoms with van der Waals surface area (Å²) in [7, 11) is 1.58. The van der Waals surface area contributed by atoms with Gasteiger partial charge in [-0.2, -0.15) is 0 Å². The lowest BCUT2D eigenvalue weighted by Gasteiger charge is -2.13. The molecule has 0 spiro atoms. The highest BCUT2D eigenvalue weighted by molar-refractivity contribution is 9.10. The Morgan fingerprint density at radius 2 is 1.91 bits per heavy atom. The number of fused-ring (bicyclic) bond motifs is 1. The number of rotatable bonds is 7. The van der Waals surface area contributed by atoms with Crippen LogP contribution in [-0.2, 0) is 15.3 Å². The van der Waals surface area contributed by atoms with E-state index in [1.807, 2.05) is 28.8 Å². The molecule has 3 N–H and O–H groups in total. The fourth-order valence-corrected chi connectivity index (χ4v) is 4.29. The molecular weight excluding hydrogens is 498 g/mol. The van der Waals surface area contributed by atoms with Crippen molar-refractivity contribution in [2.75, 3.05) is 13.7 Å². The predicted molar refractivity (Wildman–Crippen MR) is 128 cm³/mol. The first-order valence-electron chi connectivity index (χ1n) is 9.60. The fourth-order valence-electron chi connectivity index (χ4n) is 3.31. The number of amidine groups is 1. The second kappa shape index (κ2) is 10.1. The maximum atomic E-state index is 13.0. The third kappa shape index (κ3) is 4.91. The van der Waals surface area contributed by atoms with E-state index in [-0.39, 0.29) is 23.3 Å². The minimum absolute atomic E-state index is 0.0758. The molecule has 0 saturated heterocycles. The quantitative estimate of drug-likeness (QED) is 0.202. The molecule has 0 amide bonds. The molecule has 32 heavy (non-hydrogen) atoms. The molecule has 0 saturated carbocycles. The van der Waals surface area contributed by atoms with E-state index >= 15 is 0 Å². The van der Waals surface area contributed by atoms with Crippen LogP contribution in [0.5, 0.6) is 11.5 Å². The Balaban J connectivity index is 2.37. The van der Waals surface area contributed by atoms with Crippen molar-refractivity contribution in [3.05, 3.63) is 52.1 Å². The maximum absolute atomic E-state index is 13.0. The molecule has 0 atom stereocenters. The monoisotopic (exact) mass is 519 g/mol. The lowest BCUT2D eigenvalue weighted by Crippen LogP contribution is -2.11. The van der Waals surface area contributed by atoms with E-state index in [0.29, 0.717) is 32.4 Å². The average Bonchev–Trinajstić information content (AvgIpc) is 3.05. The summed E-state index contributed by atoms with van der Waals surface area (Å²) in [6.07, 6.45) is 0. The minimum Gasteiger partial charge on any atom is -0.497 e. The maximum Gasteiger partial charge on any atom is 0.340 e. The van der Waals surface area contributed by atoms with E-state index < -0.39 is 11.9 Å². The fraction of sp³-hybridized carbons (Fsp3) is 0.227. The average molecular weight is 520 g/mol. The van der Waals surface area contributed by atoms with Crippen LogP contribution in [0.1, 0.15) is 29.9 Å². The zero-order chi connectivity index (χ0) is 23.4. The summed E-state index contributed by atoms with van der Waals surface area (Å²) in [5.74, 6) is 0.233. The molecule has 0 unspecified atom stereocenters. The number of nitrogens with one attached hydrogen (secondary N) is 1. The summed E-state index contributed by atoms with van der Waals surface area (Å²) >= 11 is 4.55. The highest BCUT2D eigenvalue weighted by atomic mass is 79.9. The van der Waals surface area contributed by atoms with Gasteiger partial charge in [0.05, 0.1) is 29.3 Å². The first-order chi connectivity index (χ1) is 15.3. The summed E-state index contributed by atoms with van der Waals surface area (Å²) in [5.41, 5.74) is 7.99. The summed E-state index contributed by atoms with van der Waals surface area (Å²) in [4.78, 5) is 24.6. The number of halogens is 1. The number of esters is 2. The largest absolute Gasteiger partial charge is 0.497 e. The van der Waals surface area contributed by atoms with E-state index in [4.69, 9.17) is 25.4 Å². The van der Waals surface area contributed by atoms with Gasteiger partial charge in [0.25, 0.3) is 0 Å². The normalized spacial score (nSPS) is 10.8. The van der Waals surface area contributed by atoms with Gasteiger partial charge in [-0.15, -0.1) is 0 Å². The van der Waals surface area contributed by atoms with E-state index in [2.05, 4.69) is 15.9 Å². The van der Waals surface area contributed by atoms with Crippen LogP contribution < -0.4 is 15.2 Å². The molecule has 3 aromatic rings. The highest BCUT2D eigenvalue weighted by Gasteiger charge is 2.26. The number of ether oxygens (including phenoxy) is 3. The number of aromatic nitrogens is 1. The number of thioether (sulfide) groups is 1. The standard InChI is InChI=1S/C22H22BrN3O5S/c1-4-30-21(28)20-15-9-19(31-12(2)27)16(23)10-17(15)26(18(20)11-32-22(24)25)13-5-7-14(29-3)8-6-13/h5-10H,4,11H2,1-3H3,(H3,24,25). The van der Waals surface area contributed by atoms with E-state index in [9.17, 15) is 9.59 Å². The topological polar surface area (TPSA) is 117 Å². The summed E-state index contributed by atoms with van der Waals surface area (Å²) in [6, 6.07) is 10.8. The number of carbonyl (C=O) groups excluding carboxylic acids is 2. The van der Waals surface area contributed by atoms with Gasteiger partial charge in [-0.3, -0.25) is 10.2 Å². The molecule has 2 aromatic carbocycles. The highest BCUT2D eigenvalue weighted by Crippen LogP contribution is 2.38. The van der Waals surface area contributed by atoms with Gasteiger partial charge in [-0.05, 0) is 59.3 Å². The minimum atomic E-state index is -0.514. The van der Waals surface area contributed by atoms with Gasteiger partial charge in [0, 0.05) is 29.4 Å². The van der Waals surface area contributed by atoms with Crippen LogP contribution in [0.2, 0.25) is 0 Å². The predicted octanol–water partition coefficient (Wildman–Crippen LogP) is 4.63. The van der Waals surface area contributed by atoms with Gasteiger partial charge in [-0.1, -0.05) is 11.8 Å². The van der Waals surface area contributed by atoms with Crippen LogP contribution in [0.15, 0.2) is 40.9 Å². The second-order valence-corrected chi connectivity index (χ2v) is 8.49. The van der Waals surface area contributed by atoms with Gasteiger partial charge in [0.1, 0.15) is 11.5 Å². The number of carbonyl (C=O) groups is 2. The zero-order valence-corrected chi connectivity index (χ0v) is 20.1. The Labute approximate surface area is 197 Å². The molecule has 0 fully saturated rings.